The minimum Gasteiger partial charge on any atom is -0.494 e. The summed E-state index contributed by atoms with van der Waals surface area (Å²) in [7, 11) is 6.38. The zero-order chi connectivity index (χ0) is 25.6. The SMILES string of the molecule is C[N+](C)(C)c1ccc(CC(=O)OCCCCCCCCOc2ccc(Oc3ccccc3)cc2)cc1. The van der Waals surface area contributed by atoms with Crippen LogP contribution >= 0.6 is 0 Å². The largest absolute Gasteiger partial charge is 0.494 e. The van der Waals surface area contributed by atoms with Gasteiger partial charge >= 0.3 is 5.97 Å². The summed E-state index contributed by atoms with van der Waals surface area (Å²) in [4.78, 5) is 12.1. The number of carbonyl (C=O) groups excluding carboxylic acids is 1. The second-order valence-electron chi connectivity index (χ2n) is 9.93. The molecule has 5 heteroatoms. The van der Waals surface area contributed by atoms with Gasteiger partial charge in [0.1, 0.15) is 22.9 Å². The summed E-state index contributed by atoms with van der Waals surface area (Å²) >= 11 is 0. The monoisotopic (exact) mass is 490 g/mol. The van der Waals surface area contributed by atoms with Crippen molar-refractivity contribution < 1.29 is 19.0 Å². The molecule has 0 saturated carbocycles. The number of carbonyl (C=O) groups is 1. The van der Waals surface area contributed by atoms with Crippen molar-refractivity contribution in [3.8, 4) is 17.2 Å². The maximum absolute atomic E-state index is 12.1. The van der Waals surface area contributed by atoms with Gasteiger partial charge in [-0.15, -0.1) is 0 Å². The Bertz CT molecular complexity index is 1020. The first-order chi connectivity index (χ1) is 17.4. The average Bonchev–Trinajstić information content (AvgIpc) is 2.86. The van der Waals surface area contributed by atoms with E-state index in [4.69, 9.17) is 14.2 Å². The first kappa shape index (κ1) is 27.3. The molecule has 5 nitrogen and oxygen atoms in total. The highest BCUT2D eigenvalue weighted by molar-refractivity contribution is 5.72. The Balaban J connectivity index is 1.17. The number of para-hydroxylation sites is 1. The van der Waals surface area contributed by atoms with E-state index in [1.54, 1.807) is 0 Å². The number of hydrogen-bond acceptors (Lipinski definition) is 4. The highest BCUT2D eigenvalue weighted by atomic mass is 16.5. The van der Waals surface area contributed by atoms with Crippen molar-refractivity contribution in [1.82, 2.24) is 4.48 Å². The molecule has 0 heterocycles. The third kappa shape index (κ3) is 10.1. The van der Waals surface area contributed by atoms with Gasteiger partial charge in [-0.2, -0.15) is 0 Å². The molecule has 0 aliphatic carbocycles. The van der Waals surface area contributed by atoms with E-state index >= 15 is 0 Å². The number of benzene rings is 3. The van der Waals surface area contributed by atoms with Crippen LogP contribution < -0.4 is 14.0 Å². The summed E-state index contributed by atoms with van der Waals surface area (Å²) < 4.78 is 17.8. The van der Waals surface area contributed by atoms with Crippen LogP contribution in [-0.2, 0) is 16.0 Å². The van der Waals surface area contributed by atoms with E-state index in [9.17, 15) is 4.79 Å². The van der Waals surface area contributed by atoms with Crippen LogP contribution in [0.25, 0.3) is 0 Å². The predicted molar refractivity (Wildman–Crippen MR) is 147 cm³/mol. The van der Waals surface area contributed by atoms with Crippen LogP contribution in [0.4, 0.5) is 5.69 Å². The van der Waals surface area contributed by atoms with E-state index in [-0.39, 0.29) is 5.97 Å². The molecule has 192 valence electrons. The van der Waals surface area contributed by atoms with Crippen LogP contribution in [0.15, 0.2) is 78.9 Å². The molecule has 3 aromatic carbocycles. The number of unbranched alkanes of at least 4 members (excludes halogenated alkanes) is 5. The van der Waals surface area contributed by atoms with Crippen molar-refractivity contribution in [3.05, 3.63) is 84.4 Å². The molecule has 0 saturated heterocycles. The summed E-state index contributed by atoms with van der Waals surface area (Å²) in [6, 6.07) is 25.7. The highest BCUT2D eigenvalue weighted by Crippen LogP contribution is 2.23. The van der Waals surface area contributed by atoms with Crippen molar-refractivity contribution in [2.45, 2.75) is 44.9 Å². The van der Waals surface area contributed by atoms with Gasteiger partial charge in [-0.05, 0) is 66.9 Å². The number of ether oxygens (including phenoxy) is 3. The summed E-state index contributed by atoms with van der Waals surface area (Å²) in [5.41, 5.74) is 2.21. The summed E-state index contributed by atoms with van der Waals surface area (Å²) in [5.74, 6) is 2.34. The van der Waals surface area contributed by atoms with E-state index in [1.807, 2.05) is 66.7 Å². The smallest absolute Gasteiger partial charge is 0.310 e. The van der Waals surface area contributed by atoms with Crippen LogP contribution in [-0.4, -0.2) is 40.3 Å². The molecule has 0 radical (unpaired) electrons. The van der Waals surface area contributed by atoms with Gasteiger partial charge in [0.15, 0.2) is 0 Å². The first-order valence-electron chi connectivity index (χ1n) is 12.9. The van der Waals surface area contributed by atoms with Crippen LogP contribution in [0.5, 0.6) is 17.2 Å². The number of rotatable bonds is 15. The lowest BCUT2D eigenvalue weighted by Gasteiger charge is -2.23. The molecule has 0 N–H and O–H groups in total. The lowest BCUT2D eigenvalue weighted by molar-refractivity contribution is -0.142. The summed E-state index contributed by atoms with van der Waals surface area (Å²) in [5, 5.41) is 0. The van der Waals surface area contributed by atoms with Gasteiger partial charge in [0.2, 0.25) is 0 Å². The Labute approximate surface area is 216 Å². The number of hydrogen-bond donors (Lipinski definition) is 0. The Morgan fingerprint density at radius 3 is 1.83 bits per heavy atom. The maximum atomic E-state index is 12.1. The van der Waals surface area contributed by atoms with Gasteiger partial charge in [-0.3, -0.25) is 9.28 Å². The molecule has 3 aromatic rings. The molecule has 3 rings (SSSR count). The highest BCUT2D eigenvalue weighted by Gasteiger charge is 2.12. The lowest BCUT2D eigenvalue weighted by atomic mass is 10.1. The molecule has 0 aromatic heterocycles. The van der Waals surface area contributed by atoms with Crippen molar-refractivity contribution in [3.63, 3.8) is 0 Å². The van der Waals surface area contributed by atoms with Gasteiger partial charge in [-0.25, -0.2) is 0 Å². The van der Waals surface area contributed by atoms with Gasteiger partial charge in [0.25, 0.3) is 0 Å². The molecule has 0 bridgehead atoms. The van der Waals surface area contributed by atoms with Crippen molar-refractivity contribution in [2.24, 2.45) is 0 Å². The van der Waals surface area contributed by atoms with Crippen LogP contribution in [0.1, 0.15) is 44.1 Å². The van der Waals surface area contributed by atoms with E-state index in [2.05, 4.69) is 33.3 Å². The van der Waals surface area contributed by atoms with E-state index < -0.39 is 0 Å². The molecule has 0 aliphatic heterocycles. The van der Waals surface area contributed by atoms with Crippen LogP contribution in [0.2, 0.25) is 0 Å². The first-order valence-corrected chi connectivity index (χ1v) is 12.9. The Hall–Kier alpha value is -3.31. The predicted octanol–water partition coefficient (Wildman–Crippen LogP) is 7.18. The fourth-order valence-electron chi connectivity index (χ4n) is 3.79. The third-order valence-electron chi connectivity index (χ3n) is 5.93. The Morgan fingerprint density at radius 2 is 1.19 bits per heavy atom. The Kier molecular flexibility index (Phi) is 10.8. The van der Waals surface area contributed by atoms with Crippen LogP contribution in [0, 0.1) is 0 Å². The molecular weight excluding hydrogens is 450 g/mol. The molecule has 0 fully saturated rings. The number of esters is 1. The standard InChI is InChI=1S/C31H40NO4/c1-32(2,3)27-17-15-26(16-18-27)25-31(33)35-24-12-7-5-4-6-11-23-34-28-19-21-30(22-20-28)36-29-13-9-8-10-14-29/h8-10,13-22H,4-7,11-12,23-25H2,1-3H3/q+1. The Morgan fingerprint density at radius 1 is 0.639 bits per heavy atom. The van der Waals surface area contributed by atoms with Crippen LogP contribution in [0.3, 0.4) is 0 Å². The van der Waals surface area contributed by atoms with Gasteiger partial charge < -0.3 is 14.2 Å². The second kappa shape index (κ2) is 14.3. The van der Waals surface area contributed by atoms with Crippen molar-refractivity contribution in [2.75, 3.05) is 34.4 Å². The molecule has 0 atom stereocenters. The molecule has 0 aliphatic rings. The normalized spacial score (nSPS) is 11.2. The van der Waals surface area contributed by atoms with Gasteiger partial charge in [0, 0.05) is 0 Å². The van der Waals surface area contributed by atoms with Gasteiger partial charge in [-0.1, -0.05) is 56.0 Å². The molecule has 0 amide bonds. The zero-order valence-corrected chi connectivity index (χ0v) is 21.9. The average molecular weight is 491 g/mol. The minimum atomic E-state index is -0.148. The molecule has 0 spiro atoms. The fourth-order valence-corrected chi connectivity index (χ4v) is 3.79. The fraction of sp³-hybridized carbons (Fsp3) is 0.387. The molecule has 0 unspecified atom stereocenters. The van der Waals surface area contributed by atoms with E-state index in [1.165, 1.54) is 12.1 Å². The van der Waals surface area contributed by atoms with Crippen molar-refractivity contribution in [1.29, 1.82) is 0 Å². The van der Waals surface area contributed by atoms with E-state index in [0.29, 0.717) is 19.6 Å². The molecule has 36 heavy (non-hydrogen) atoms. The lowest BCUT2D eigenvalue weighted by Crippen LogP contribution is -2.34. The summed E-state index contributed by atoms with van der Waals surface area (Å²) in [6.07, 6.45) is 6.81. The topological polar surface area (TPSA) is 44.8 Å². The zero-order valence-electron chi connectivity index (χ0n) is 21.9. The maximum Gasteiger partial charge on any atom is 0.310 e. The minimum absolute atomic E-state index is 0.148. The van der Waals surface area contributed by atoms with Gasteiger partial charge in [0.05, 0.1) is 40.8 Å². The number of nitrogens with zero attached hydrogens (tertiary/aromatic N) is 1. The second-order valence-corrected chi connectivity index (χ2v) is 9.93. The summed E-state index contributed by atoms with van der Waals surface area (Å²) in [6.45, 7) is 1.22. The molecular formula is C31H40NO4+. The third-order valence-corrected chi connectivity index (χ3v) is 5.93. The number of quaternary nitrogens is 1. The quantitative estimate of drug-likeness (QED) is 0.129. The van der Waals surface area contributed by atoms with Crippen molar-refractivity contribution >= 4 is 11.7 Å². The van der Waals surface area contributed by atoms with E-state index in [0.717, 1.165) is 59.4 Å².